The molecular weight excluding hydrogens is 340 g/mol. The first-order valence-corrected chi connectivity index (χ1v) is 8.62. The molecule has 0 saturated carbocycles. The Kier molecular flexibility index (Phi) is 5.41. The Labute approximate surface area is 158 Å². The zero-order valence-corrected chi connectivity index (χ0v) is 15.7. The fourth-order valence-electron chi connectivity index (χ4n) is 2.91. The minimum absolute atomic E-state index is 0.307. The summed E-state index contributed by atoms with van der Waals surface area (Å²) in [5.74, 6) is 0.379. The first-order chi connectivity index (χ1) is 13.0. The normalized spacial score (nSPS) is 10.5. The maximum atomic E-state index is 11.5. The van der Waals surface area contributed by atoms with Gasteiger partial charge in [-0.25, -0.2) is 4.79 Å². The molecule has 0 amide bonds. The summed E-state index contributed by atoms with van der Waals surface area (Å²) in [4.78, 5) is 15.7. The van der Waals surface area contributed by atoms with E-state index in [9.17, 15) is 4.79 Å². The number of nitrogens with two attached hydrogens (primary N) is 1. The van der Waals surface area contributed by atoms with Crippen LogP contribution >= 0.6 is 0 Å². The molecule has 0 aliphatic carbocycles. The van der Waals surface area contributed by atoms with E-state index in [2.05, 4.69) is 21.9 Å². The lowest BCUT2D eigenvalue weighted by molar-refractivity contribution is 0.0600. The lowest BCUT2D eigenvalue weighted by atomic mass is 9.95. The number of carbonyl (C=O) groups is 1. The summed E-state index contributed by atoms with van der Waals surface area (Å²) < 4.78 is 10.6. The van der Waals surface area contributed by atoms with E-state index in [0.29, 0.717) is 12.2 Å². The van der Waals surface area contributed by atoms with Gasteiger partial charge in [-0.1, -0.05) is 24.3 Å². The lowest BCUT2D eigenvalue weighted by Gasteiger charge is -2.15. The molecule has 138 valence electrons. The molecule has 0 bridgehead atoms. The molecule has 3 aromatic rings. The molecule has 0 aliphatic heterocycles. The van der Waals surface area contributed by atoms with Crippen molar-refractivity contribution in [2.45, 2.75) is 20.5 Å². The smallest absolute Gasteiger partial charge is 0.339 e. The van der Waals surface area contributed by atoms with Crippen LogP contribution in [0, 0.1) is 13.8 Å². The highest BCUT2D eigenvalue weighted by molar-refractivity contribution is 5.88. The van der Waals surface area contributed by atoms with E-state index in [1.807, 2.05) is 38.1 Å². The highest BCUT2D eigenvalue weighted by Crippen LogP contribution is 2.33. The fourth-order valence-corrected chi connectivity index (χ4v) is 2.91. The van der Waals surface area contributed by atoms with Gasteiger partial charge in [-0.15, -0.1) is 0 Å². The van der Waals surface area contributed by atoms with Crippen LogP contribution in [0.25, 0.3) is 11.1 Å². The summed E-state index contributed by atoms with van der Waals surface area (Å²) in [5, 5.41) is 0. The van der Waals surface area contributed by atoms with Crippen LogP contribution < -0.4 is 10.5 Å². The quantitative estimate of drug-likeness (QED) is 0.541. The molecule has 5 nitrogen and oxygen atoms in total. The van der Waals surface area contributed by atoms with Gasteiger partial charge in [0.25, 0.3) is 0 Å². The van der Waals surface area contributed by atoms with Crippen LogP contribution in [0.3, 0.4) is 0 Å². The first kappa shape index (κ1) is 18.5. The number of methoxy groups -OCH3 is 1. The molecule has 0 unspecified atom stereocenters. The summed E-state index contributed by atoms with van der Waals surface area (Å²) in [6.45, 7) is 4.35. The summed E-state index contributed by atoms with van der Waals surface area (Å²) >= 11 is 0. The third-order valence-corrected chi connectivity index (χ3v) is 4.57. The monoisotopic (exact) mass is 362 g/mol. The summed E-state index contributed by atoms with van der Waals surface area (Å²) in [6.07, 6.45) is 1.49. The van der Waals surface area contributed by atoms with Crippen molar-refractivity contribution in [2.24, 2.45) is 0 Å². The van der Waals surface area contributed by atoms with Crippen molar-refractivity contribution in [3.63, 3.8) is 0 Å². The van der Waals surface area contributed by atoms with E-state index in [1.54, 1.807) is 12.1 Å². The highest BCUT2D eigenvalue weighted by atomic mass is 16.5. The largest absolute Gasteiger partial charge is 0.487 e. The molecule has 3 rings (SSSR count). The summed E-state index contributed by atoms with van der Waals surface area (Å²) in [6, 6.07) is 15.3. The van der Waals surface area contributed by atoms with E-state index in [0.717, 1.165) is 39.4 Å². The average Bonchev–Trinajstić information content (AvgIpc) is 2.69. The van der Waals surface area contributed by atoms with Crippen molar-refractivity contribution >= 4 is 11.7 Å². The van der Waals surface area contributed by atoms with Crippen LogP contribution in [-0.4, -0.2) is 18.1 Å². The Hall–Kier alpha value is -3.34. The zero-order valence-electron chi connectivity index (χ0n) is 15.7. The molecule has 0 aliphatic rings. The van der Waals surface area contributed by atoms with Gasteiger partial charge in [0, 0.05) is 11.9 Å². The second kappa shape index (κ2) is 7.91. The van der Waals surface area contributed by atoms with Crippen LogP contribution in [0.15, 0.2) is 54.7 Å². The topological polar surface area (TPSA) is 74.4 Å². The SMILES string of the molecule is COC(=O)c1ccc(COc2cccc(-c3cccc(N)c3C)c2C)nc1. The van der Waals surface area contributed by atoms with Gasteiger partial charge in [-0.2, -0.15) is 0 Å². The van der Waals surface area contributed by atoms with Crippen LogP contribution in [0.1, 0.15) is 27.2 Å². The van der Waals surface area contributed by atoms with Gasteiger partial charge in [0.1, 0.15) is 12.4 Å². The molecule has 0 saturated heterocycles. The van der Waals surface area contributed by atoms with Gasteiger partial charge >= 0.3 is 5.97 Å². The number of benzene rings is 2. The first-order valence-electron chi connectivity index (χ1n) is 8.62. The Balaban J connectivity index is 1.80. The number of hydrogen-bond acceptors (Lipinski definition) is 5. The van der Waals surface area contributed by atoms with Crippen molar-refractivity contribution in [2.75, 3.05) is 12.8 Å². The molecule has 0 spiro atoms. The fraction of sp³-hybridized carbons (Fsp3) is 0.182. The lowest BCUT2D eigenvalue weighted by Crippen LogP contribution is -2.04. The van der Waals surface area contributed by atoms with Gasteiger partial charge in [-0.3, -0.25) is 4.98 Å². The minimum Gasteiger partial charge on any atom is -0.487 e. The number of nitrogen functional groups attached to an aromatic ring is 1. The molecule has 1 aromatic heterocycles. The van der Waals surface area contributed by atoms with Gasteiger partial charge < -0.3 is 15.2 Å². The number of aromatic nitrogens is 1. The Morgan fingerprint density at radius 2 is 1.70 bits per heavy atom. The van der Waals surface area contributed by atoms with E-state index >= 15 is 0 Å². The number of ether oxygens (including phenoxy) is 2. The Morgan fingerprint density at radius 1 is 1.00 bits per heavy atom. The number of anilines is 1. The molecule has 2 aromatic carbocycles. The molecule has 0 fully saturated rings. The van der Waals surface area contributed by atoms with E-state index in [1.165, 1.54) is 13.3 Å². The van der Waals surface area contributed by atoms with Crippen LogP contribution in [0.5, 0.6) is 5.75 Å². The number of esters is 1. The molecule has 0 atom stereocenters. The van der Waals surface area contributed by atoms with Crippen LogP contribution in [0.2, 0.25) is 0 Å². The molecule has 1 heterocycles. The minimum atomic E-state index is -0.406. The van der Waals surface area contributed by atoms with E-state index in [4.69, 9.17) is 10.5 Å². The van der Waals surface area contributed by atoms with Crippen LogP contribution in [-0.2, 0) is 11.3 Å². The molecule has 2 N–H and O–H groups in total. The maximum Gasteiger partial charge on any atom is 0.339 e. The second-order valence-electron chi connectivity index (χ2n) is 6.27. The predicted octanol–water partition coefficient (Wildman–Crippen LogP) is 4.31. The van der Waals surface area contributed by atoms with Crippen molar-refractivity contribution in [1.82, 2.24) is 4.98 Å². The summed E-state index contributed by atoms with van der Waals surface area (Å²) in [5.41, 5.74) is 12.2. The number of rotatable bonds is 5. The third kappa shape index (κ3) is 3.92. The molecule has 27 heavy (non-hydrogen) atoms. The molecule has 0 radical (unpaired) electrons. The Bertz CT molecular complexity index is 966. The van der Waals surface area contributed by atoms with Crippen molar-refractivity contribution < 1.29 is 14.3 Å². The van der Waals surface area contributed by atoms with E-state index in [-0.39, 0.29) is 0 Å². The third-order valence-electron chi connectivity index (χ3n) is 4.57. The number of nitrogens with zero attached hydrogens (tertiary/aromatic N) is 1. The number of hydrogen-bond donors (Lipinski definition) is 1. The second-order valence-corrected chi connectivity index (χ2v) is 6.27. The van der Waals surface area contributed by atoms with E-state index < -0.39 is 5.97 Å². The highest BCUT2D eigenvalue weighted by Gasteiger charge is 2.11. The van der Waals surface area contributed by atoms with Crippen molar-refractivity contribution in [3.05, 3.63) is 77.1 Å². The molecular formula is C22H22N2O3. The van der Waals surface area contributed by atoms with Crippen LogP contribution in [0.4, 0.5) is 5.69 Å². The van der Waals surface area contributed by atoms with Gasteiger partial charge in [-0.05, 0) is 60.4 Å². The number of pyridine rings is 1. The zero-order chi connectivity index (χ0) is 19.4. The van der Waals surface area contributed by atoms with Gasteiger partial charge in [0.2, 0.25) is 0 Å². The van der Waals surface area contributed by atoms with Crippen molar-refractivity contribution in [1.29, 1.82) is 0 Å². The molecule has 5 heteroatoms. The maximum absolute atomic E-state index is 11.5. The Morgan fingerprint density at radius 3 is 2.37 bits per heavy atom. The average molecular weight is 362 g/mol. The summed E-state index contributed by atoms with van der Waals surface area (Å²) in [7, 11) is 1.34. The van der Waals surface area contributed by atoms with Gasteiger partial charge in [0.15, 0.2) is 0 Å². The number of carbonyl (C=O) groups excluding carboxylic acids is 1. The predicted molar refractivity (Wildman–Crippen MR) is 106 cm³/mol. The van der Waals surface area contributed by atoms with Gasteiger partial charge in [0.05, 0.1) is 18.4 Å². The van der Waals surface area contributed by atoms with Crippen molar-refractivity contribution in [3.8, 4) is 16.9 Å². The standard InChI is InChI=1S/C22H22N2O3/c1-14-18(6-4-8-20(14)23)19-7-5-9-21(15(19)2)27-13-17-11-10-16(12-24-17)22(25)26-3/h4-12H,13,23H2,1-3H3.